The van der Waals surface area contributed by atoms with Gasteiger partial charge in [-0.15, -0.1) is 0 Å². The number of hydrogen-bond acceptors (Lipinski definition) is 4. The van der Waals surface area contributed by atoms with Gasteiger partial charge in [-0.3, -0.25) is 0 Å². The normalized spacial score (nSPS) is 16.8. The van der Waals surface area contributed by atoms with Crippen LogP contribution >= 0.6 is 0 Å². The molecule has 0 bridgehead atoms. The van der Waals surface area contributed by atoms with Gasteiger partial charge in [0.05, 0.1) is 18.8 Å². The average Bonchev–Trinajstić information content (AvgIpc) is 2.70. The van der Waals surface area contributed by atoms with Crippen LogP contribution < -0.4 is 9.47 Å². The van der Waals surface area contributed by atoms with E-state index in [4.69, 9.17) is 9.47 Å². The van der Waals surface area contributed by atoms with E-state index in [1.165, 1.54) is 0 Å². The summed E-state index contributed by atoms with van der Waals surface area (Å²) in [6.45, 7) is 4.99. The monoisotopic (exact) mass is 266 g/mol. The Balaban J connectivity index is 2.28. The number of aliphatic hydroxyl groups excluding tert-OH is 1. The second kappa shape index (κ2) is 5.80. The molecule has 1 atom stereocenters. The highest BCUT2D eigenvalue weighted by atomic mass is 16.5. The summed E-state index contributed by atoms with van der Waals surface area (Å²) in [4.78, 5) is 0. The maximum Gasteiger partial charge on any atom is 0.161 e. The molecule has 1 aromatic rings. The van der Waals surface area contributed by atoms with Crippen LogP contribution in [0.3, 0.4) is 0 Å². The van der Waals surface area contributed by atoms with Gasteiger partial charge in [-0.2, -0.15) is 0 Å². The van der Waals surface area contributed by atoms with Gasteiger partial charge in [-0.25, -0.2) is 0 Å². The summed E-state index contributed by atoms with van der Waals surface area (Å²) in [5, 5.41) is 20.8. The van der Waals surface area contributed by atoms with Crippen LogP contribution in [0.5, 0.6) is 11.5 Å². The van der Waals surface area contributed by atoms with Crippen LogP contribution in [0, 0.1) is 0 Å². The first-order valence-electron chi connectivity index (χ1n) is 6.90. The van der Waals surface area contributed by atoms with Crippen molar-refractivity contribution < 1.29 is 19.7 Å². The van der Waals surface area contributed by atoms with Crippen LogP contribution in [0.4, 0.5) is 0 Å². The fourth-order valence-electron chi connectivity index (χ4n) is 2.30. The van der Waals surface area contributed by atoms with E-state index < -0.39 is 11.7 Å². The number of hydrogen-bond donors (Lipinski definition) is 2. The van der Waals surface area contributed by atoms with Crippen molar-refractivity contribution in [1.82, 2.24) is 0 Å². The number of benzene rings is 1. The zero-order valence-electron chi connectivity index (χ0n) is 11.6. The molecule has 0 radical (unpaired) electrons. The second-order valence-corrected chi connectivity index (χ2v) is 4.97. The summed E-state index contributed by atoms with van der Waals surface area (Å²) in [6.07, 6.45) is 0.929. The maximum absolute atomic E-state index is 10.4. The lowest BCUT2D eigenvalue weighted by molar-refractivity contribution is -0.0821. The predicted molar refractivity (Wildman–Crippen MR) is 72.5 cm³/mol. The summed E-state index contributed by atoms with van der Waals surface area (Å²) in [7, 11) is 0. The average molecular weight is 266 g/mol. The molecule has 0 saturated heterocycles. The Morgan fingerprint density at radius 1 is 1.16 bits per heavy atom. The highest BCUT2D eigenvalue weighted by Crippen LogP contribution is 2.37. The van der Waals surface area contributed by atoms with Gasteiger partial charge in [0.1, 0.15) is 6.10 Å². The molecule has 4 nitrogen and oxygen atoms in total. The molecule has 0 spiro atoms. The second-order valence-electron chi connectivity index (χ2n) is 4.97. The summed E-state index contributed by atoms with van der Waals surface area (Å²) in [5.41, 5.74) is -0.435. The molecule has 1 aliphatic rings. The van der Waals surface area contributed by atoms with E-state index in [-0.39, 0.29) is 0 Å². The summed E-state index contributed by atoms with van der Waals surface area (Å²) in [6, 6.07) is 5.35. The lowest BCUT2D eigenvalue weighted by Gasteiger charge is -2.31. The SMILES string of the molecule is CCC(O)(CC)C(O)c1ccc2c(c1)OCCCO2. The third kappa shape index (κ3) is 2.85. The van der Waals surface area contributed by atoms with E-state index in [2.05, 4.69) is 0 Å². The summed E-state index contributed by atoms with van der Waals surface area (Å²) >= 11 is 0. The summed E-state index contributed by atoms with van der Waals surface area (Å²) < 4.78 is 11.2. The first-order valence-corrected chi connectivity index (χ1v) is 6.90. The largest absolute Gasteiger partial charge is 0.490 e. The maximum atomic E-state index is 10.4. The summed E-state index contributed by atoms with van der Waals surface area (Å²) in [5.74, 6) is 1.34. The number of fused-ring (bicyclic) bond motifs is 1. The molecule has 2 rings (SSSR count). The molecule has 0 saturated carbocycles. The van der Waals surface area contributed by atoms with E-state index in [0.717, 1.165) is 6.42 Å². The van der Waals surface area contributed by atoms with Crippen LogP contribution in [-0.4, -0.2) is 29.0 Å². The molecule has 0 amide bonds. The molecule has 1 heterocycles. The van der Waals surface area contributed by atoms with Crippen LogP contribution in [0.15, 0.2) is 18.2 Å². The Kier molecular flexibility index (Phi) is 4.32. The van der Waals surface area contributed by atoms with Gasteiger partial charge < -0.3 is 19.7 Å². The Bertz CT molecular complexity index is 426. The van der Waals surface area contributed by atoms with E-state index in [9.17, 15) is 10.2 Å². The lowest BCUT2D eigenvalue weighted by Crippen LogP contribution is -2.34. The van der Waals surface area contributed by atoms with E-state index in [1.807, 2.05) is 13.8 Å². The minimum atomic E-state index is -1.10. The number of ether oxygens (including phenoxy) is 2. The Hall–Kier alpha value is -1.26. The van der Waals surface area contributed by atoms with Crippen molar-refractivity contribution in [3.63, 3.8) is 0 Å². The standard InChI is InChI=1S/C15H22O4/c1-3-15(17,4-2)14(16)11-6-7-12-13(10-11)19-9-5-8-18-12/h6-7,10,14,16-17H,3-5,8-9H2,1-2H3. The topological polar surface area (TPSA) is 58.9 Å². The minimum Gasteiger partial charge on any atom is -0.490 e. The highest BCUT2D eigenvalue weighted by Gasteiger charge is 2.33. The quantitative estimate of drug-likeness (QED) is 0.878. The van der Waals surface area contributed by atoms with Crippen LogP contribution in [0.25, 0.3) is 0 Å². The third-order valence-corrected chi connectivity index (χ3v) is 3.82. The molecule has 4 heteroatoms. The molecule has 0 fully saturated rings. The number of aliphatic hydroxyl groups is 2. The van der Waals surface area contributed by atoms with Crippen molar-refractivity contribution in [2.45, 2.75) is 44.8 Å². The van der Waals surface area contributed by atoms with Gasteiger partial charge in [-0.05, 0) is 30.5 Å². The fourth-order valence-corrected chi connectivity index (χ4v) is 2.30. The number of rotatable bonds is 4. The molecule has 106 valence electrons. The van der Waals surface area contributed by atoms with E-state index in [1.54, 1.807) is 18.2 Å². The molecule has 1 unspecified atom stereocenters. The fraction of sp³-hybridized carbons (Fsp3) is 0.600. The van der Waals surface area contributed by atoms with Crippen LogP contribution in [0.1, 0.15) is 44.8 Å². The molecule has 1 aliphatic heterocycles. The van der Waals surface area contributed by atoms with Gasteiger partial charge >= 0.3 is 0 Å². The first-order chi connectivity index (χ1) is 9.10. The van der Waals surface area contributed by atoms with Gasteiger partial charge in [-0.1, -0.05) is 19.9 Å². The Morgan fingerprint density at radius 3 is 2.42 bits per heavy atom. The molecular formula is C15H22O4. The van der Waals surface area contributed by atoms with Crippen LogP contribution in [-0.2, 0) is 0 Å². The Morgan fingerprint density at radius 2 is 1.79 bits per heavy atom. The van der Waals surface area contributed by atoms with Gasteiger partial charge in [0.15, 0.2) is 11.5 Å². The van der Waals surface area contributed by atoms with Crippen molar-refractivity contribution in [2.24, 2.45) is 0 Å². The smallest absolute Gasteiger partial charge is 0.161 e. The van der Waals surface area contributed by atoms with E-state index >= 15 is 0 Å². The van der Waals surface area contributed by atoms with Crippen molar-refractivity contribution in [2.75, 3.05) is 13.2 Å². The van der Waals surface area contributed by atoms with Crippen molar-refractivity contribution >= 4 is 0 Å². The Labute approximate surface area is 114 Å². The zero-order valence-corrected chi connectivity index (χ0v) is 11.6. The van der Waals surface area contributed by atoms with Gasteiger partial charge in [0, 0.05) is 6.42 Å². The minimum absolute atomic E-state index is 0.499. The van der Waals surface area contributed by atoms with Gasteiger partial charge in [0.2, 0.25) is 0 Å². The third-order valence-electron chi connectivity index (χ3n) is 3.82. The van der Waals surface area contributed by atoms with Crippen molar-refractivity contribution in [1.29, 1.82) is 0 Å². The highest BCUT2D eigenvalue weighted by molar-refractivity contribution is 5.44. The van der Waals surface area contributed by atoms with Crippen LogP contribution in [0.2, 0.25) is 0 Å². The molecule has 2 N–H and O–H groups in total. The van der Waals surface area contributed by atoms with Crippen molar-refractivity contribution in [3.8, 4) is 11.5 Å². The first kappa shape index (κ1) is 14.2. The lowest BCUT2D eigenvalue weighted by atomic mass is 9.86. The molecule has 0 aliphatic carbocycles. The van der Waals surface area contributed by atoms with E-state index in [0.29, 0.717) is 43.1 Å². The molecule has 1 aromatic carbocycles. The zero-order chi connectivity index (χ0) is 13.9. The molecule has 0 aromatic heterocycles. The van der Waals surface area contributed by atoms with Crippen molar-refractivity contribution in [3.05, 3.63) is 23.8 Å². The van der Waals surface area contributed by atoms with Gasteiger partial charge in [0.25, 0.3) is 0 Å². The predicted octanol–water partition coefficient (Wildman–Crippen LogP) is 2.43. The molecular weight excluding hydrogens is 244 g/mol. The molecule has 19 heavy (non-hydrogen) atoms.